The number of hydrogen-bond donors (Lipinski definition) is 0. The van der Waals surface area contributed by atoms with Crippen molar-refractivity contribution < 1.29 is 22.8 Å². The molecule has 0 radical (unpaired) electrons. The van der Waals surface area contributed by atoms with E-state index in [0.717, 1.165) is 29.2 Å². The number of carbonyl (C=O) groups excluding carboxylic acids is 2. The number of carbonyl (C=O) groups is 2. The third-order valence-corrected chi connectivity index (χ3v) is 3.93. The number of benzene rings is 2. The van der Waals surface area contributed by atoms with E-state index in [9.17, 15) is 28.0 Å². The van der Waals surface area contributed by atoms with Crippen molar-refractivity contribution in [2.24, 2.45) is 5.92 Å². The van der Waals surface area contributed by atoms with Gasteiger partial charge in [-0.1, -0.05) is 11.6 Å². The Balaban J connectivity index is 2.23. The average molecular weight is 381 g/mol. The zero-order chi connectivity index (χ0) is 19.5. The summed E-state index contributed by atoms with van der Waals surface area (Å²) in [5, 5.41) is 9.63. The van der Waals surface area contributed by atoms with Crippen LogP contribution in [0.2, 0.25) is 5.02 Å². The van der Waals surface area contributed by atoms with Gasteiger partial charge >= 0.3 is 6.18 Å². The summed E-state index contributed by atoms with van der Waals surface area (Å²) >= 11 is 5.74. The van der Waals surface area contributed by atoms with E-state index in [4.69, 9.17) is 11.6 Å². The molecule has 0 spiro atoms. The van der Waals surface area contributed by atoms with Crippen LogP contribution in [0.3, 0.4) is 0 Å². The van der Waals surface area contributed by atoms with Crippen LogP contribution in [0.15, 0.2) is 48.5 Å². The van der Waals surface area contributed by atoms with Crippen LogP contribution in [0.5, 0.6) is 0 Å². The quantitative estimate of drug-likeness (QED) is 0.585. The predicted molar refractivity (Wildman–Crippen MR) is 89.7 cm³/mol. The van der Waals surface area contributed by atoms with Crippen molar-refractivity contribution in [1.82, 2.24) is 0 Å². The average Bonchev–Trinajstić information content (AvgIpc) is 2.61. The molecule has 0 heterocycles. The van der Waals surface area contributed by atoms with Crippen molar-refractivity contribution in [1.29, 1.82) is 5.26 Å². The van der Waals surface area contributed by atoms with E-state index in [1.165, 1.54) is 31.3 Å². The highest BCUT2D eigenvalue weighted by Crippen LogP contribution is 2.30. The van der Waals surface area contributed by atoms with Gasteiger partial charge in [0.2, 0.25) is 0 Å². The second kappa shape index (κ2) is 7.58. The molecule has 2 aromatic rings. The Morgan fingerprint density at radius 1 is 1.08 bits per heavy atom. The highest BCUT2D eigenvalue weighted by Gasteiger charge is 2.32. The number of alkyl halides is 3. The topological polar surface area (TPSA) is 61.2 Å². The zero-order valence-electron chi connectivity index (χ0n) is 13.4. The minimum absolute atomic E-state index is 0.132. The molecule has 0 N–H and O–H groups in total. The second-order valence-electron chi connectivity index (χ2n) is 5.38. The molecule has 0 fully saturated rings. The van der Waals surface area contributed by atoms with Crippen molar-refractivity contribution in [3.05, 3.63) is 64.7 Å². The molecule has 2 aromatic carbocycles. The number of halogens is 4. The molecule has 2 rings (SSSR count). The maximum absolute atomic E-state index is 12.6. The van der Waals surface area contributed by atoms with Crippen molar-refractivity contribution >= 4 is 29.0 Å². The summed E-state index contributed by atoms with van der Waals surface area (Å²) in [6.45, 7) is 0. The first-order valence-corrected chi connectivity index (χ1v) is 7.67. The monoisotopic (exact) mass is 380 g/mol. The number of Topliss-reactive ketones (excluding diaryl/α,β-unsaturated/α-hetero) is 1. The number of hydrogen-bond acceptors (Lipinski definition) is 3. The Labute approximate surface area is 152 Å². The molecule has 134 valence electrons. The number of ketones is 1. The number of nitrogens with zero attached hydrogens (tertiary/aromatic N) is 2. The van der Waals surface area contributed by atoms with E-state index in [0.29, 0.717) is 5.02 Å². The molecule has 1 amide bonds. The fourth-order valence-corrected chi connectivity index (χ4v) is 2.33. The molecule has 0 saturated heterocycles. The molecule has 8 heteroatoms. The lowest BCUT2D eigenvalue weighted by molar-refractivity contribution is -0.137. The third-order valence-electron chi connectivity index (χ3n) is 3.68. The largest absolute Gasteiger partial charge is 0.416 e. The zero-order valence-corrected chi connectivity index (χ0v) is 14.2. The van der Waals surface area contributed by atoms with Crippen LogP contribution in [0.25, 0.3) is 0 Å². The lowest BCUT2D eigenvalue weighted by Crippen LogP contribution is -2.36. The lowest BCUT2D eigenvalue weighted by atomic mass is 9.97. The first kappa shape index (κ1) is 19.5. The van der Waals surface area contributed by atoms with Crippen molar-refractivity contribution in [2.75, 3.05) is 11.9 Å². The van der Waals surface area contributed by atoms with Crippen LogP contribution >= 0.6 is 11.6 Å². The molecule has 0 aromatic heterocycles. The van der Waals surface area contributed by atoms with Gasteiger partial charge in [-0.3, -0.25) is 9.59 Å². The van der Waals surface area contributed by atoms with Crippen LogP contribution in [0.4, 0.5) is 18.9 Å². The van der Waals surface area contributed by atoms with Crippen LogP contribution in [-0.4, -0.2) is 18.7 Å². The van der Waals surface area contributed by atoms with Gasteiger partial charge in [0.1, 0.15) is 0 Å². The smallest absolute Gasteiger partial charge is 0.314 e. The standard InChI is InChI=1S/C18H12ClF3N2O2/c1-24(14-8-4-12(5-9-14)18(20,21)22)17(26)15(10-23)16(25)11-2-6-13(19)7-3-11/h2-9,15H,1H3. The van der Waals surface area contributed by atoms with Gasteiger partial charge in [0.15, 0.2) is 11.7 Å². The van der Waals surface area contributed by atoms with Gasteiger partial charge < -0.3 is 4.90 Å². The van der Waals surface area contributed by atoms with E-state index < -0.39 is 29.3 Å². The van der Waals surface area contributed by atoms with E-state index in [1.807, 2.05) is 0 Å². The summed E-state index contributed by atoms with van der Waals surface area (Å²) in [6, 6.07) is 11.2. The molecular weight excluding hydrogens is 369 g/mol. The Kier molecular flexibility index (Phi) is 5.68. The number of nitriles is 1. The minimum Gasteiger partial charge on any atom is -0.314 e. The molecule has 0 bridgehead atoms. The van der Waals surface area contributed by atoms with E-state index >= 15 is 0 Å². The SMILES string of the molecule is CN(C(=O)C(C#N)C(=O)c1ccc(Cl)cc1)c1ccc(C(F)(F)F)cc1. The Morgan fingerprint density at radius 2 is 1.62 bits per heavy atom. The second-order valence-corrected chi connectivity index (χ2v) is 5.81. The number of rotatable bonds is 4. The van der Waals surface area contributed by atoms with Gasteiger partial charge in [0.05, 0.1) is 11.6 Å². The van der Waals surface area contributed by atoms with E-state index in [-0.39, 0.29) is 11.3 Å². The Bertz CT molecular complexity index is 856. The predicted octanol–water partition coefficient (Wildman–Crippen LogP) is 4.34. The number of anilines is 1. The molecule has 1 atom stereocenters. The van der Waals surface area contributed by atoms with Gasteiger partial charge in [-0.05, 0) is 48.5 Å². The van der Waals surface area contributed by atoms with Gasteiger partial charge in [0, 0.05) is 23.3 Å². The molecule has 0 aliphatic carbocycles. The summed E-state index contributed by atoms with van der Waals surface area (Å²) in [5.74, 6) is -3.18. The third kappa shape index (κ3) is 4.21. The van der Waals surface area contributed by atoms with Crippen molar-refractivity contribution in [3.63, 3.8) is 0 Å². The highest BCUT2D eigenvalue weighted by molar-refractivity contribution is 6.30. The molecule has 4 nitrogen and oxygen atoms in total. The maximum Gasteiger partial charge on any atom is 0.416 e. The van der Waals surface area contributed by atoms with E-state index in [2.05, 4.69) is 0 Å². The molecular formula is C18H12ClF3N2O2. The van der Waals surface area contributed by atoms with Crippen LogP contribution < -0.4 is 4.90 Å². The van der Waals surface area contributed by atoms with Crippen LogP contribution in [0, 0.1) is 17.2 Å². The summed E-state index contributed by atoms with van der Waals surface area (Å²) in [5.41, 5.74) is -0.599. The molecule has 1 unspecified atom stereocenters. The lowest BCUT2D eigenvalue weighted by Gasteiger charge is -2.20. The van der Waals surface area contributed by atoms with Crippen molar-refractivity contribution in [2.45, 2.75) is 6.18 Å². The van der Waals surface area contributed by atoms with Gasteiger partial charge in [-0.25, -0.2) is 0 Å². The minimum atomic E-state index is -4.50. The fraction of sp³-hybridized carbons (Fsp3) is 0.167. The first-order valence-electron chi connectivity index (χ1n) is 7.29. The molecule has 0 aliphatic rings. The summed E-state index contributed by atoms with van der Waals surface area (Å²) in [4.78, 5) is 25.8. The Morgan fingerprint density at radius 3 is 2.08 bits per heavy atom. The summed E-state index contributed by atoms with van der Waals surface area (Å²) in [6.07, 6.45) is -4.50. The maximum atomic E-state index is 12.6. The Hall–Kier alpha value is -2.85. The van der Waals surface area contributed by atoms with E-state index in [1.54, 1.807) is 6.07 Å². The molecule has 0 aliphatic heterocycles. The first-order chi connectivity index (χ1) is 12.1. The fourth-order valence-electron chi connectivity index (χ4n) is 2.20. The van der Waals surface area contributed by atoms with Crippen LogP contribution in [0.1, 0.15) is 15.9 Å². The molecule has 26 heavy (non-hydrogen) atoms. The van der Waals surface area contributed by atoms with Crippen LogP contribution in [-0.2, 0) is 11.0 Å². The highest BCUT2D eigenvalue weighted by atomic mass is 35.5. The van der Waals surface area contributed by atoms with Crippen molar-refractivity contribution in [3.8, 4) is 6.07 Å². The van der Waals surface area contributed by atoms with Gasteiger partial charge in [-0.2, -0.15) is 18.4 Å². The molecule has 0 saturated carbocycles. The normalized spacial score (nSPS) is 12.2. The van der Waals surface area contributed by atoms with Gasteiger partial charge in [0.25, 0.3) is 5.91 Å². The summed E-state index contributed by atoms with van der Waals surface area (Å²) < 4.78 is 37.8. The van der Waals surface area contributed by atoms with Gasteiger partial charge in [-0.15, -0.1) is 0 Å². The number of amides is 1. The summed E-state index contributed by atoms with van der Waals surface area (Å²) in [7, 11) is 1.28.